The van der Waals surface area contributed by atoms with E-state index in [0.717, 1.165) is 37.6 Å². The molecule has 0 radical (unpaired) electrons. The lowest BCUT2D eigenvalue weighted by molar-refractivity contribution is 0.156. The minimum Gasteiger partial charge on any atom is -0.328 e. The molecule has 6 nitrogen and oxygen atoms in total. The van der Waals surface area contributed by atoms with Crippen molar-refractivity contribution < 1.29 is 0 Å². The second kappa shape index (κ2) is 8.05. The fraction of sp³-hybridized carbons (Fsp3) is 0.476. The Kier molecular flexibility index (Phi) is 5.34. The van der Waals surface area contributed by atoms with E-state index in [1.807, 2.05) is 41.6 Å². The molecule has 1 aliphatic rings. The summed E-state index contributed by atoms with van der Waals surface area (Å²) in [5.41, 5.74) is 3.68. The van der Waals surface area contributed by atoms with E-state index >= 15 is 0 Å². The van der Waals surface area contributed by atoms with Crippen LogP contribution in [0.25, 0.3) is 11.4 Å². The molecule has 1 atom stereocenters. The van der Waals surface area contributed by atoms with Gasteiger partial charge in [0.25, 0.3) is 0 Å². The first-order valence-corrected chi connectivity index (χ1v) is 9.89. The lowest BCUT2D eigenvalue weighted by Gasteiger charge is -2.33. The van der Waals surface area contributed by atoms with Crippen LogP contribution in [0.5, 0.6) is 0 Å². The fourth-order valence-corrected chi connectivity index (χ4v) is 4.04. The van der Waals surface area contributed by atoms with Gasteiger partial charge in [-0.15, -0.1) is 0 Å². The summed E-state index contributed by atoms with van der Waals surface area (Å²) in [6, 6.07) is 4.08. The van der Waals surface area contributed by atoms with Crippen LogP contribution in [-0.2, 0) is 19.6 Å². The summed E-state index contributed by atoms with van der Waals surface area (Å²) < 4.78 is 4.38. The predicted molar refractivity (Wildman–Crippen MR) is 106 cm³/mol. The maximum absolute atomic E-state index is 4.66. The van der Waals surface area contributed by atoms with Crippen LogP contribution in [0.2, 0.25) is 0 Å². The monoisotopic (exact) mass is 364 g/mol. The zero-order valence-electron chi connectivity index (χ0n) is 16.3. The van der Waals surface area contributed by atoms with Crippen molar-refractivity contribution in [1.29, 1.82) is 0 Å². The number of imidazole rings is 1. The summed E-state index contributed by atoms with van der Waals surface area (Å²) in [5.74, 6) is 1.70. The molecule has 27 heavy (non-hydrogen) atoms. The van der Waals surface area contributed by atoms with Crippen LogP contribution in [0.3, 0.4) is 0 Å². The second-order valence-electron chi connectivity index (χ2n) is 7.52. The SMILES string of the molecule is CCn1cc(CN2CCCC(Cn3c(C)cnc3-c3ccncc3)C2)cn1. The quantitative estimate of drug-likeness (QED) is 0.673. The molecule has 3 aromatic heterocycles. The number of piperidine rings is 1. The molecule has 1 aliphatic heterocycles. The Balaban J connectivity index is 1.44. The topological polar surface area (TPSA) is 51.8 Å². The zero-order valence-corrected chi connectivity index (χ0v) is 16.3. The standard InChI is InChI=1S/C21H28N6/c1-3-26-15-19(12-24-26)14-25-10-4-5-18(13-25)16-27-17(2)11-23-21(27)20-6-8-22-9-7-20/h6-9,11-12,15,18H,3-5,10,13-14,16H2,1-2H3. The molecule has 0 aliphatic carbocycles. The number of rotatable bonds is 6. The average molecular weight is 364 g/mol. The Labute approximate surface area is 160 Å². The molecule has 142 valence electrons. The molecule has 0 aromatic carbocycles. The van der Waals surface area contributed by atoms with E-state index in [-0.39, 0.29) is 0 Å². The summed E-state index contributed by atoms with van der Waals surface area (Å²) in [6.07, 6.45) is 12.4. The first-order valence-electron chi connectivity index (χ1n) is 9.89. The molecule has 1 unspecified atom stereocenters. The van der Waals surface area contributed by atoms with Crippen LogP contribution in [0, 0.1) is 12.8 Å². The van der Waals surface area contributed by atoms with Gasteiger partial charge in [0.2, 0.25) is 0 Å². The Morgan fingerprint density at radius 1 is 1.19 bits per heavy atom. The van der Waals surface area contributed by atoms with Gasteiger partial charge in [-0.2, -0.15) is 5.10 Å². The normalized spacial score (nSPS) is 18.1. The lowest BCUT2D eigenvalue weighted by Crippen LogP contribution is -2.36. The van der Waals surface area contributed by atoms with Gasteiger partial charge in [-0.3, -0.25) is 14.6 Å². The summed E-state index contributed by atoms with van der Waals surface area (Å²) >= 11 is 0. The third kappa shape index (κ3) is 4.11. The van der Waals surface area contributed by atoms with Gasteiger partial charge in [0.1, 0.15) is 5.82 Å². The van der Waals surface area contributed by atoms with Gasteiger partial charge >= 0.3 is 0 Å². The Bertz CT molecular complexity index is 866. The largest absolute Gasteiger partial charge is 0.328 e. The molecule has 0 bridgehead atoms. The number of pyridine rings is 1. The maximum atomic E-state index is 4.66. The number of aryl methyl sites for hydroxylation is 2. The van der Waals surface area contributed by atoms with E-state index < -0.39 is 0 Å². The first kappa shape index (κ1) is 17.9. The van der Waals surface area contributed by atoms with Crippen molar-refractivity contribution in [3.8, 4) is 11.4 Å². The number of nitrogens with zero attached hydrogens (tertiary/aromatic N) is 6. The maximum Gasteiger partial charge on any atom is 0.140 e. The van der Waals surface area contributed by atoms with Crippen molar-refractivity contribution in [2.45, 2.75) is 46.3 Å². The van der Waals surface area contributed by atoms with E-state index in [9.17, 15) is 0 Å². The van der Waals surface area contributed by atoms with E-state index in [2.05, 4.69) is 44.6 Å². The van der Waals surface area contributed by atoms with E-state index in [1.165, 1.54) is 30.6 Å². The highest BCUT2D eigenvalue weighted by atomic mass is 15.3. The number of aromatic nitrogens is 5. The number of likely N-dealkylation sites (tertiary alicyclic amines) is 1. The second-order valence-corrected chi connectivity index (χ2v) is 7.52. The van der Waals surface area contributed by atoms with Crippen molar-refractivity contribution in [3.63, 3.8) is 0 Å². The third-order valence-electron chi connectivity index (χ3n) is 5.45. The van der Waals surface area contributed by atoms with Gasteiger partial charge in [-0.1, -0.05) is 0 Å². The lowest BCUT2D eigenvalue weighted by atomic mass is 9.97. The van der Waals surface area contributed by atoms with Crippen LogP contribution < -0.4 is 0 Å². The van der Waals surface area contributed by atoms with Crippen molar-refractivity contribution in [2.24, 2.45) is 5.92 Å². The number of hydrogen-bond donors (Lipinski definition) is 0. The van der Waals surface area contributed by atoms with Gasteiger partial charge in [0.15, 0.2) is 0 Å². The van der Waals surface area contributed by atoms with Crippen LogP contribution in [0.15, 0.2) is 43.1 Å². The minimum absolute atomic E-state index is 0.647. The summed E-state index contributed by atoms with van der Waals surface area (Å²) in [7, 11) is 0. The smallest absolute Gasteiger partial charge is 0.140 e. The Morgan fingerprint density at radius 2 is 2.04 bits per heavy atom. The van der Waals surface area contributed by atoms with Gasteiger partial charge in [0, 0.05) is 67.8 Å². The van der Waals surface area contributed by atoms with Crippen LogP contribution in [0.4, 0.5) is 0 Å². The summed E-state index contributed by atoms with van der Waals surface area (Å²) in [4.78, 5) is 11.4. The molecule has 0 saturated carbocycles. The highest BCUT2D eigenvalue weighted by Gasteiger charge is 2.22. The predicted octanol–water partition coefficient (Wildman–Crippen LogP) is 3.38. The summed E-state index contributed by atoms with van der Waals surface area (Å²) in [6.45, 7) is 9.53. The molecule has 4 heterocycles. The average Bonchev–Trinajstić information content (AvgIpc) is 3.30. The molecule has 4 rings (SSSR count). The molecule has 6 heteroatoms. The van der Waals surface area contributed by atoms with Crippen molar-refractivity contribution in [1.82, 2.24) is 29.2 Å². The highest BCUT2D eigenvalue weighted by Crippen LogP contribution is 2.25. The van der Waals surface area contributed by atoms with E-state index in [0.29, 0.717) is 5.92 Å². The zero-order chi connectivity index (χ0) is 18.6. The Hall–Kier alpha value is -2.47. The van der Waals surface area contributed by atoms with Crippen LogP contribution >= 0.6 is 0 Å². The van der Waals surface area contributed by atoms with Crippen molar-refractivity contribution in [3.05, 3.63) is 54.4 Å². The molecule has 0 N–H and O–H groups in total. The third-order valence-corrected chi connectivity index (χ3v) is 5.45. The fourth-order valence-electron chi connectivity index (χ4n) is 4.04. The van der Waals surface area contributed by atoms with Gasteiger partial charge < -0.3 is 4.57 Å². The molecular formula is C21H28N6. The van der Waals surface area contributed by atoms with Crippen molar-refractivity contribution in [2.75, 3.05) is 13.1 Å². The number of hydrogen-bond acceptors (Lipinski definition) is 4. The Morgan fingerprint density at radius 3 is 2.81 bits per heavy atom. The first-order chi connectivity index (χ1) is 13.2. The van der Waals surface area contributed by atoms with Gasteiger partial charge in [-0.05, 0) is 51.3 Å². The summed E-state index contributed by atoms with van der Waals surface area (Å²) in [5, 5.41) is 4.41. The molecular weight excluding hydrogens is 336 g/mol. The molecule has 0 amide bonds. The van der Waals surface area contributed by atoms with Gasteiger partial charge in [-0.25, -0.2) is 4.98 Å². The van der Waals surface area contributed by atoms with Crippen LogP contribution in [0.1, 0.15) is 31.0 Å². The molecule has 1 fully saturated rings. The molecule has 3 aromatic rings. The van der Waals surface area contributed by atoms with Crippen LogP contribution in [-0.4, -0.2) is 42.3 Å². The molecule has 0 spiro atoms. The minimum atomic E-state index is 0.647. The van der Waals surface area contributed by atoms with E-state index in [1.54, 1.807) is 0 Å². The highest BCUT2D eigenvalue weighted by molar-refractivity contribution is 5.55. The molecule has 1 saturated heterocycles. The van der Waals surface area contributed by atoms with Crippen molar-refractivity contribution >= 4 is 0 Å². The van der Waals surface area contributed by atoms with Gasteiger partial charge in [0.05, 0.1) is 6.20 Å². The van der Waals surface area contributed by atoms with E-state index in [4.69, 9.17) is 0 Å².